The van der Waals surface area contributed by atoms with Crippen molar-refractivity contribution in [2.75, 3.05) is 25.0 Å². The summed E-state index contributed by atoms with van der Waals surface area (Å²) in [5.41, 5.74) is 0.641. The van der Waals surface area contributed by atoms with E-state index in [4.69, 9.17) is 16.4 Å². The first-order chi connectivity index (χ1) is 8.13. The number of amides is 1. The van der Waals surface area contributed by atoms with E-state index in [1.807, 2.05) is 0 Å². The number of halogens is 1. The molecule has 2 N–H and O–H groups in total. The average molecular weight is 257 g/mol. The lowest BCUT2D eigenvalue weighted by molar-refractivity contribution is -0.138. The van der Waals surface area contributed by atoms with Crippen LogP contribution in [0, 0.1) is 0 Å². The van der Waals surface area contributed by atoms with Crippen molar-refractivity contribution in [2.24, 2.45) is 0 Å². The van der Waals surface area contributed by atoms with Gasteiger partial charge in [0.05, 0.1) is 19.3 Å². The lowest BCUT2D eigenvalue weighted by Crippen LogP contribution is -2.31. The van der Waals surface area contributed by atoms with E-state index in [0.29, 0.717) is 17.3 Å². The maximum Gasteiger partial charge on any atom is 0.240 e. The number of β-amino-alcohol motifs (C(OH)–C–C–N with tert-alkyl or cyclic N) is 1. The Morgan fingerprint density at radius 3 is 3.12 bits per heavy atom. The first kappa shape index (κ1) is 12.3. The van der Waals surface area contributed by atoms with Crippen LogP contribution in [0.4, 0.5) is 5.69 Å². The Hall–Kier alpha value is -1.14. The lowest BCUT2D eigenvalue weighted by Gasteiger charge is -2.13. The number of anilines is 1. The molecule has 0 saturated carbocycles. The fourth-order valence-electron chi connectivity index (χ4n) is 1.57. The van der Waals surface area contributed by atoms with Crippen molar-refractivity contribution in [2.45, 2.75) is 6.10 Å². The largest absolute Gasteiger partial charge is 0.389 e. The van der Waals surface area contributed by atoms with Crippen molar-refractivity contribution in [1.82, 2.24) is 5.06 Å². The van der Waals surface area contributed by atoms with Gasteiger partial charge in [-0.05, 0) is 18.2 Å². The van der Waals surface area contributed by atoms with Gasteiger partial charge in [0.2, 0.25) is 5.91 Å². The van der Waals surface area contributed by atoms with Crippen molar-refractivity contribution < 1.29 is 14.7 Å². The molecule has 92 valence electrons. The Bertz CT molecular complexity index is 413. The van der Waals surface area contributed by atoms with Gasteiger partial charge in [-0.25, -0.2) is 0 Å². The van der Waals surface area contributed by atoms with Crippen molar-refractivity contribution in [3.63, 3.8) is 0 Å². The Balaban J connectivity index is 1.85. The molecule has 1 heterocycles. The van der Waals surface area contributed by atoms with Gasteiger partial charge in [0.25, 0.3) is 0 Å². The van der Waals surface area contributed by atoms with E-state index < -0.39 is 6.10 Å². The smallest absolute Gasteiger partial charge is 0.240 e. The van der Waals surface area contributed by atoms with Crippen molar-refractivity contribution in [1.29, 1.82) is 0 Å². The van der Waals surface area contributed by atoms with E-state index in [9.17, 15) is 9.90 Å². The number of aliphatic hydroxyl groups is 1. The van der Waals surface area contributed by atoms with Gasteiger partial charge in [0.15, 0.2) is 0 Å². The highest BCUT2D eigenvalue weighted by Crippen LogP contribution is 2.15. The highest BCUT2D eigenvalue weighted by atomic mass is 35.5. The van der Waals surface area contributed by atoms with Crippen LogP contribution < -0.4 is 5.32 Å². The van der Waals surface area contributed by atoms with Crippen LogP contribution in [0.1, 0.15) is 0 Å². The Morgan fingerprint density at radius 2 is 2.47 bits per heavy atom. The van der Waals surface area contributed by atoms with Crippen molar-refractivity contribution in [3.8, 4) is 0 Å². The molecule has 1 aromatic carbocycles. The molecule has 1 aliphatic rings. The summed E-state index contributed by atoms with van der Waals surface area (Å²) in [6.45, 7) is 0.678. The summed E-state index contributed by atoms with van der Waals surface area (Å²) in [7, 11) is 0. The predicted molar refractivity (Wildman–Crippen MR) is 63.6 cm³/mol. The summed E-state index contributed by atoms with van der Waals surface area (Å²) < 4.78 is 0. The second kappa shape index (κ2) is 5.46. The summed E-state index contributed by atoms with van der Waals surface area (Å²) >= 11 is 5.80. The molecule has 0 unspecified atom stereocenters. The van der Waals surface area contributed by atoms with E-state index in [1.54, 1.807) is 24.3 Å². The summed E-state index contributed by atoms with van der Waals surface area (Å²) in [6, 6.07) is 6.91. The summed E-state index contributed by atoms with van der Waals surface area (Å²) in [4.78, 5) is 16.7. The Morgan fingerprint density at radius 1 is 1.65 bits per heavy atom. The van der Waals surface area contributed by atoms with E-state index in [1.165, 1.54) is 5.06 Å². The van der Waals surface area contributed by atoms with Gasteiger partial charge < -0.3 is 10.4 Å². The molecule has 1 aromatic rings. The van der Waals surface area contributed by atoms with Gasteiger partial charge in [-0.2, -0.15) is 5.06 Å². The van der Waals surface area contributed by atoms with Gasteiger partial charge in [-0.15, -0.1) is 0 Å². The first-order valence-corrected chi connectivity index (χ1v) is 5.62. The van der Waals surface area contributed by atoms with Gasteiger partial charge in [-0.3, -0.25) is 9.63 Å². The van der Waals surface area contributed by atoms with E-state index in [-0.39, 0.29) is 19.1 Å². The van der Waals surface area contributed by atoms with Gasteiger partial charge in [0.1, 0.15) is 6.54 Å². The molecule has 0 aliphatic carbocycles. The van der Waals surface area contributed by atoms with Gasteiger partial charge >= 0.3 is 0 Å². The molecule has 6 heteroatoms. The number of hydrogen-bond acceptors (Lipinski definition) is 4. The zero-order valence-electron chi connectivity index (χ0n) is 9.10. The highest BCUT2D eigenvalue weighted by Gasteiger charge is 2.23. The van der Waals surface area contributed by atoms with Crippen LogP contribution in [0.5, 0.6) is 0 Å². The minimum Gasteiger partial charge on any atom is -0.389 e. The Labute approximate surface area is 104 Å². The highest BCUT2D eigenvalue weighted by molar-refractivity contribution is 6.30. The Kier molecular flexibility index (Phi) is 3.96. The molecular formula is C11H13ClN2O3. The number of carbonyl (C=O) groups is 1. The minimum absolute atomic E-state index is 0.0869. The molecule has 17 heavy (non-hydrogen) atoms. The molecular weight excluding hydrogens is 244 g/mol. The van der Waals surface area contributed by atoms with E-state index in [0.717, 1.165) is 0 Å². The normalized spacial score (nSPS) is 20.5. The zero-order chi connectivity index (χ0) is 12.3. The summed E-state index contributed by atoms with van der Waals surface area (Å²) in [6.07, 6.45) is -0.519. The average Bonchev–Trinajstić information content (AvgIpc) is 2.63. The topological polar surface area (TPSA) is 61.8 Å². The monoisotopic (exact) mass is 256 g/mol. The molecule has 0 bridgehead atoms. The zero-order valence-corrected chi connectivity index (χ0v) is 9.85. The summed E-state index contributed by atoms with van der Waals surface area (Å²) in [5.74, 6) is -0.207. The maximum atomic E-state index is 11.6. The molecule has 1 aliphatic heterocycles. The van der Waals surface area contributed by atoms with Crippen LogP contribution in [0.15, 0.2) is 24.3 Å². The number of hydroxylamine groups is 2. The third-order valence-corrected chi connectivity index (χ3v) is 2.53. The van der Waals surface area contributed by atoms with Crippen LogP contribution in [-0.4, -0.2) is 41.9 Å². The molecule has 1 saturated heterocycles. The van der Waals surface area contributed by atoms with Crippen molar-refractivity contribution >= 4 is 23.2 Å². The molecule has 1 amide bonds. The van der Waals surface area contributed by atoms with E-state index >= 15 is 0 Å². The minimum atomic E-state index is -0.519. The second-order valence-corrected chi connectivity index (χ2v) is 4.27. The quantitative estimate of drug-likeness (QED) is 0.843. The van der Waals surface area contributed by atoms with Gasteiger partial charge in [-0.1, -0.05) is 17.7 Å². The standard InChI is InChI=1S/C11H13ClN2O3/c12-8-2-1-3-9(4-8)13-11(16)6-14-5-10(15)7-17-14/h1-4,10,15H,5-7H2,(H,13,16)/t10-/m1/s1. The van der Waals surface area contributed by atoms with Crippen LogP contribution >= 0.6 is 11.6 Å². The number of benzene rings is 1. The fraction of sp³-hybridized carbons (Fsp3) is 0.364. The number of rotatable bonds is 3. The molecule has 0 spiro atoms. The number of carbonyl (C=O) groups excluding carboxylic acids is 1. The first-order valence-electron chi connectivity index (χ1n) is 5.25. The van der Waals surface area contributed by atoms with Gasteiger partial charge in [0, 0.05) is 10.7 Å². The number of nitrogens with zero attached hydrogens (tertiary/aromatic N) is 1. The number of hydrogen-bond donors (Lipinski definition) is 2. The maximum absolute atomic E-state index is 11.6. The van der Waals surface area contributed by atoms with Crippen molar-refractivity contribution in [3.05, 3.63) is 29.3 Å². The van der Waals surface area contributed by atoms with E-state index in [2.05, 4.69) is 5.32 Å². The third kappa shape index (κ3) is 3.67. The van der Waals surface area contributed by atoms with Crippen LogP contribution in [0.3, 0.4) is 0 Å². The lowest BCUT2D eigenvalue weighted by atomic mass is 10.3. The summed E-state index contributed by atoms with van der Waals surface area (Å²) in [5, 5.41) is 13.9. The van der Waals surface area contributed by atoms with Crippen LogP contribution in [0.25, 0.3) is 0 Å². The molecule has 1 atom stereocenters. The SMILES string of the molecule is O=C(CN1C[C@@H](O)CO1)Nc1cccc(Cl)c1. The molecule has 1 fully saturated rings. The molecule has 0 aromatic heterocycles. The molecule has 2 rings (SSSR count). The second-order valence-electron chi connectivity index (χ2n) is 3.83. The molecule has 5 nitrogen and oxygen atoms in total. The fourth-order valence-corrected chi connectivity index (χ4v) is 1.76. The van der Waals surface area contributed by atoms with Crippen LogP contribution in [0.2, 0.25) is 5.02 Å². The number of aliphatic hydroxyl groups excluding tert-OH is 1. The van der Waals surface area contributed by atoms with Crippen LogP contribution in [-0.2, 0) is 9.63 Å². The molecule has 0 radical (unpaired) electrons. The predicted octanol–water partition coefficient (Wildman–Crippen LogP) is 0.887. The third-order valence-electron chi connectivity index (χ3n) is 2.29. The number of nitrogens with one attached hydrogen (secondary N) is 1.